The van der Waals surface area contributed by atoms with Crippen LogP contribution in [0.3, 0.4) is 0 Å². The Morgan fingerprint density at radius 3 is 2.38 bits per heavy atom. The first kappa shape index (κ1) is 15.2. The van der Waals surface area contributed by atoms with Gasteiger partial charge in [-0.15, -0.1) is 0 Å². The number of rotatable bonds is 3. The fraction of sp³-hybridized carbons (Fsp3) is 0. The highest BCUT2D eigenvalue weighted by molar-refractivity contribution is 6.40. The average molecular weight is 329 g/mol. The number of nitro benzene ring substituents is 1. The summed E-state index contributed by atoms with van der Waals surface area (Å²) in [5, 5.41) is 13.3. The van der Waals surface area contributed by atoms with Crippen LogP contribution in [0.1, 0.15) is 10.4 Å². The van der Waals surface area contributed by atoms with Gasteiger partial charge in [0.1, 0.15) is 5.82 Å². The highest BCUT2D eigenvalue weighted by Crippen LogP contribution is 2.30. The summed E-state index contributed by atoms with van der Waals surface area (Å²) >= 11 is 11.8. The van der Waals surface area contributed by atoms with Crippen molar-refractivity contribution in [2.24, 2.45) is 0 Å². The summed E-state index contributed by atoms with van der Waals surface area (Å²) in [7, 11) is 0. The summed E-state index contributed by atoms with van der Waals surface area (Å²) in [6, 6.07) is 7.22. The predicted molar refractivity (Wildman–Crippen MR) is 77.5 cm³/mol. The standard InChI is InChI=1S/C13H7Cl2FN2O3/c14-9-2-1-3-10(15)12(9)17-13(19)8-6-7(18(20)21)4-5-11(8)16/h1-6H,(H,17,19). The number of amides is 1. The largest absolute Gasteiger partial charge is 0.319 e. The van der Waals surface area contributed by atoms with E-state index >= 15 is 0 Å². The molecule has 2 rings (SSSR count). The van der Waals surface area contributed by atoms with Gasteiger partial charge >= 0.3 is 0 Å². The van der Waals surface area contributed by atoms with E-state index < -0.39 is 27.9 Å². The van der Waals surface area contributed by atoms with Gasteiger partial charge in [-0.05, 0) is 18.2 Å². The quantitative estimate of drug-likeness (QED) is 0.674. The molecule has 0 unspecified atom stereocenters. The molecule has 0 atom stereocenters. The highest BCUT2D eigenvalue weighted by Gasteiger charge is 2.18. The molecule has 0 radical (unpaired) electrons. The summed E-state index contributed by atoms with van der Waals surface area (Å²) in [4.78, 5) is 22.0. The molecule has 0 aliphatic heterocycles. The van der Waals surface area contributed by atoms with E-state index in [1.54, 1.807) is 6.07 Å². The Morgan fingerprint density at radius 1 is 1.19 bits per heavy atom. The number of anilines is 1. The number of para-hydroxylation sites is 1. The van der Waals surface area contributed by atoms with Crippen molar-refractivity contribution < 1.29 is 14.1 Å². The lowest BCUT2D eigenvalue weighted by Gasteiger charge is -2.09. The maximum Gasteiger partial charge on any atom is 0.270 e. The lowest BCUT2D eigenvalue weighted by Crippen LogP contribution is -2.14. The smallest absolute Gasteiger partial charge is 0.270 e. The molecular weight excluding hydrogens is 322 g/mol. The second kappa shape index (κ2) is 6.07. The molecule has 21 heavy (non-hydrogen) atoms. The number of halogens is 3. The predicted octanol–water partition coefficient (Wildman–Crippen LogP) is 4.29. The molecule has 0 saturated heterocycles. The van der Waals surface area contributed by atoms with Crippen LogP contribution in [-0.4, -0.2) is 10.8 Å². The normalized spacial score (nSPS) is 10.2. The molecule has 1 N–H and O–H groups in total. The molecule has 2 aromatic carbocycles. The van der Waals surface area contributed by atoms with Crippen LogP contribution in [0.15, 0.2) is 36.4 Å². The van der Waals surface area contributed by atoms with Crippen LogP contribution in [0.4, 0.5) is 15.8 Å². The van der Waals surface area contributed by atoms with Crippen molar-refractivity contribution in [3.8, 4) is 0 Å². The average Bonchev–Trinajstić information content (AvgIpc) is 2.43. The van der Waals surface area contributed by atoms with E-state index in [1.165, 1.54) is 12.1 Å². The molecular formula is C13H7Cl2FN2O3. The van der Waals surface area contributed by atoms with Gasteiger partial charge in [0.05, 0.1) is 26.2 Å². The summed E-state index contributed by atoms with van der Waals surface area (Å²) in [6.45, 7) is 0. The second-order valence-electron chi connectivity index (χ2n) is 3.97. The Morgan fingerprint density at radius 2 is 1.81 bits per heavy atom. The fourth-order valence-corrected chi connectivity index (χ4v) is 2.09. The molecule has 0 bridgehead atoms. The summed E-state index contributed by atoms with van der Waals surface area (Å²) in [5.74, 6) is -1.77. The minimum atomic E-state index is -0.888. The number of benzene rings is 2. The Kier molecular flexibility index (Phi) is 4.40. The van der Waals surface area contributed by atoms with E-state index in [4.69, 9.17) is 23.2 Å². The first-order valence-corrected chi connectivity index (χ1v) is 6.35. The Bertz CT molecular complexity index is 717. The van der Waals surface area contributed by atoms with Crippen LogP contribution in [-0.2, 0) is 0 Å². The van der Waals surface area contributed by atoms with E-state index in [1.807, 2.05) is 0 Å². The molecule has 0 aromatic heterocycles. The minimum Gasteiger partial charge on any atom is -0.319 e. The lowest BCUT2D eigenvalue weighted by molar-refractivity contribution is -0.384. The SMILES string of the molecule is O=C(Nc1c(Cl)cccc1Cl)c1cc([N+](=O)[O-])ccc1F. The van der Waals surface area contributed by atoms with Crippen LogP contribution in [0.25, 0.3) is 0 Å². The van der Waals surface area contributed by atoms with Crippen LogP contribution in [0, 0.1) is 15.9 Å². The number of carbonyl (C=O) groups is 1. The molecule has 2 aromatic rings. The molecule has 1 amide bonds. The van der Waals surface area contributed by atoms with Gasteiger partial charge in [-0.3, -0.25) is 14.9 Å². The molecule has 0 spiro atoms. The van der Waals surface area contributed by atoms with Gasteiger partial charge in [0, 0.05) is 12.1 Å². The van der Waals surface area contributed by atoms with Crippen molar-refractivity contribution in [3.05, 3.63) is 67.9 Å². The van der Waals surface area contributed by atoms with E-state index in [9.17, 15) is 19.3 Å². The maximum atomic E-state index is 13.6. The number of non-ortho nitro benzene ring substituents is 1. The summed E-state index contributed by atoms with van der Waals surface area (Å²) < 4.78 is 13.6. The molecule has 0 fully saturated rings. The van der Waals surface area contributed by atoms with Gasteiger partial charge in [-0.1, -0.05) is 29.3 Å². The van der Waals surface area contributed by atoms with E-state index in [0.29, 0.717) is 0 Å². The maximum absolute atomic E-state index is 13.6. The number of nitrogens with zero attached hydrogens (tertiary/aromatic N) is 1. The molecule has 5 nitrogen and oxygen atoms in total. The van der Waals surface area contributed by atoms with Crippen LogP contribution in [0.2, 0.25) is 10.0 Å². The third kappa shape index (κ3) is 3.29. The third-order valence-corrected chi connectivity index (χ3v) is 3.24. The van der Waals surface area contributed by atoms with Crippen molar-refractivity contribution in [1.29, 1.82) is 0 Å². The monoisotopic (exact) mass is 328 g/mol. The van der Waals surface area contributed by atoms with Crippen LogP contribution >= 0.6 is 23.2 Å². The molecule has 0 saturated carbocycles. The zero-order valence-corrected chi connectivity index (χ0v) is 11.8. The van der Waals surface area contributed by atoms with Gasteiger partial charge in [-0.25, -0.2) is 4.39 Å². The number of nitrogens with one attached hydrogen (secondary N) is 1. The molecule has 0 heterocycles. The zero-order chi connectivity index (χ0) is 15.6. The molecule has 0 aliphatic carbocycles. The Hall–Kier alpha value is -2.18. The van der Waals surface area contributed by atoms with Gasteiger partial charge < -0.3 is 5.32 Å². The fourth-order valence-electron chi connectivity index (χ4n) is 1.60. The summed E-state index contributed by atoms with van der Waals surface area (Å²) in [5.41, 5.74) is -0.760. The Balaban J connectivity index is 2.37. The number of nitro groups is 1. The molecule has 8 heteroatoms. The number of hydrogen-bond acceptors (Lipinski definition) is 3. The number of carbonyl (C=O) groups excluding carboxylic acids is 1. The lowest BCUT2D eigenvalue weighted by atomic mass is 10.1. The van der Waals surface area contributed by atoms with Gasteiger partial charge in [0.15, 0.2) is 0 Å². The van der Waals surface area contributed by atoms with E-state index in [-0.39, 0.29) is 15.7 Å². The van der Waals surface area contributed by atoms with Crippen molar-refractivity contribution in [3.63, 3.8) is 0 Å². The molecule has 0 aliphatic rings. The van der Waals surface area contributed by atoms with Gasteiger partial charge in [0.25, 0.3) is 11.6 Å². The van der Waals surface area contributed by atoms with Crippen molar-refractivity contribution in [2.45, 2.75) is 0 Å². The third-order valence-electron chi connectivity index (χ3n) is 2.61. The molecule has 108 valence electrons. The summed E-state index contributed by atoms with van der Waals surface area (Å²) in [6.07, 6.45) is 0. The Labute approximate surface area is 128 Å². The van der Waals surface area contributed by atoms with E-state index in [2.05, 4.69) is 5.32 Å². The zero-order valence-electron chi connectivity index (χ0n) is 10.3. The van der Waals surface area contributed by atoms with E-state index in [0.717, 1.165) is 18.2 Å². The van der Waals surface area contributed by atoms with Gasteiger partial charge in [-0.2, -0.15) is 0 Å². The number of hydrogen-bond donors (Lipinski definition) is 1. The highest BCUT2D eigenvalue weighted by atomic mass is 35.5. The topological polar surface area (TPSA) is 72.2 Å². The van der Waals surface area contributed by atoms with Crippen LogP contribution in [0.5, 0.6) is 0 Å². The first-order chi connectivity index (χ1) is 9.90. The van der Waals surface area contributed by atoms with Crippen LogP contribution < -0.4 is 5.32 Å². The second-order valence-corrected chi connectivity index (χ2v) is 4.79. The first-order valence-electron chi connectivity index (χ1n) is 5.59. The van der Waals surface area contributed by atoms with Crippen molar-refractivity contribution in [1.82, 2.24) is 0 Å². The van der Waals surface area contributed by atoms with Crippen molar-refractivity contribution in [2.75, 3.05) is 5.32 Å². The minimum absolute atomic E-state index is 0.108. The van der Waals surface area contributed by atoms with Gasteiger partial charge in [0.2, 0.25) is 0 Å². The van der Waals surface area contributed by atoms with Crippen molar-refractivity contribution >= 4 is 40.5 Å².